The summed E-state index contributed by atoms with van der Waals surface area (Å²) in [6, 6.07) is 11.5. The van der Waals surface area contributed by atoms with Crippen molar-refractivity contribution in [1.29, 1.82) is 0 Å². The van der Waals surface area contributed by atoms with Crippen molar-refractivity contribution < 1.29 is 28.5 Å². The predicted molar refractivity (Wildman–Crippen MR) is 144 cm³/mol. The highest BCUT2D eigenvalue weighted by Crippen LogP contribution is 2.44. The number of methoxy groups -OCH3 is 1. The topological polar surface area (TPSA) is 93.2 Å². The molecule has 0 radical (unpaired) electrons. The second-order valence-electron chi connectivity index (χ2n) is 10.5. The lowest BCUT2D eigenvalue weighted by Gasteiger charge is -2.43. The molecule has 1 saturated carbocycles. The average molecular weight is 530 g/mol. The summed E-state index contributed by atoms with van der Waals surface area (Å²) in [5, 5.41) is 12.5. The number of pyridine rings is 1. The molecule has 2 fully saturated rings. The molecule has 1 aliphatic heterocycles. The van der Waals surface area contributed by atoms with E-state index < -0.39 is 0 Å². The highest BCUT2D eigenvalue weighted by Gasteiger charge is 2.39. The molecule has 4 rings (SSSR count). The molecule has 1 aromatic carbocycles. The van der Waals surface area contributed by atoms with Crippen molar-refractivity contribution in [2.75, 3.05) is 51.7 Å². The molecule has 1 amide bonds. The maximum atomic E-state index is 13.0. The largest absolute Gasteiger partial charge is 0.497 e. The van der Waals surface area contributed by atoms with E-state index in [0.717, 1.165) is 36.4 Å². The Morgan fingerprint density at radius 1 is 1.24 bits per heavy atom. The number of hydrogen-bond donors (Lipinski definition) is 2. The van der Waals surface area contributed by atoms with Gasteiger partial charge < -0.3 is 29.5 Å². The Bertz CT molecular complexity index is 1070. The van der Waals surface area contributed by atoms with Gasteiger partial charge in [0.15, 0.2) is 0 Å². The Hall–Kier alpha value is -2.91. The van der Waals surface area contributed by atoms with Gasteiger partial charge in [0.25, 0.3) is 5.91 Å². The van der Waals surface area contributed by atoms with E-state index in [1.54, 1.807) is 13.2 Å². The number of aliphatic hydroxyl groups is 1. The summed E-state index contributed by atoms with van der Waals surface area (Å²) in [5.41, 5.74) is 2.25. The normalized spacial score (nSPS) is 21.1. The summed E-state index contributed by atoms with van der Waals surface area (Å²) in [7, 11) is 1.66. The lowest BCUT2D eigenvalue weighted by Crippen LogP contribution is -2.42. The van der Waals surface area contributed by atoms with Gasteiger partial charge in [-0.3, -0.25) is 9.18 Å². The number of amides is 1. The van der Waals surface area contributed by atoms with Gasteiger partial charge in [-0.2, -0.15) is 0 Å². The Kier molecular flexibility index (Phi) is 9.80. The van der Waals surface area contributed by atoms with Crippen molar-refractivity contribution in [3.05, 3.63) is 47.7 Å². The van der Waals surface area contributed by atoms with Crippen LogP contribution in [0.4, 0.5) is 10.1 Å². The SMILES string of the molecule is COc1cccc(C2CCN2c2ccc(C(=O)N[C@H](CO)C(C)C)nc2OC[C@@H]2C[C@@H]2COCCCF)c1. The summed E-state index contributed by atoms with van der Waals surface area (Å²) in [6.07, 6.45) is 2.41. The van der Waals surface area contributed by atoms with Crippen LogP contribution in [0.15, 0.2) is 36.4 Å². The maximum absolute atomic E-state index is 13.0. The van der Waals surface area contributed by atoms with Crippen LogP contribution >= 0.6 is 0 Å². The van der Waals surface area contributed by atoms with Gasteiger partial charge >= 0.3 is 0 Å². The summed E-state index contributed by atoms with van der Waals surface area (Å²) in [4.78, 5) is 19.8. The van der Waals surface area contributed by atoms with Crippen LogP contribution in [0.5, 0.6) is 11.6 Å². The highest BCUT2D eigenvalue weighted by molar-refractivity contribution is 5.93. The number of hydrogen-bond acceptors (Lipinski definition) is 7. The first kappa shape index (κ1) is 28.1. The molecule has 9 heteroatoms. The molecular formula is C29H40FN3O5. The first-order valence-corrected chi connectivity index (χ1v) is 13.5. The fourth-order valence-corrected chi connectivity index (χ4v) is 4.72. The molecule has 1 aliphatic carbocycles. The smallest absolute Gasteiger partial charge is 0.270 e. The van der Waals surface area contributed by atoms with E-state index in [9.17, 15) is 14.3 Å². The molecule has 8 nitrogen and oxygen atoms in total. The van der Waals surface area contributed by atoms with E-state index in [4.69, 9.17) is 14.2 Å². The van der Waals surface area contributed by atoms with E-state index in [1.807, 2.05) is 38.1 Å². The van der Waals surface area contributed by atoms with Gasteiger partial charge in [0.05, 0.1) is 39.1 Å². The molecule has 4 atom stereocenters. The minimum Gasteiger partial charge on any atom is -0.497 e. The number of nitrogens with one attached hydrogen (secondary N) is 1. The van der Waals surface area contributed by atoms with E-state index >= 15 is 0 Å². The maximum Gasteiger partial charge on any atom is 0.270 e. The zero-order valence-electron chi connectivity index (χ0n) is 22.6. The number of carbonyl (C=O) groups excluding carboxylic acids is 1. The number of halogens is 1. The van der Waals surface area contributed by atoms with Gasteiger partial charge in [0.1, 0.15) is 17.1 Å². The predicted octanol–water partition coefficient (Wildman–Crippen LogP) is 4.18. The van der Waals surface area contributed by atoms with Crippen molar-refractivity contribution in [2.45, 2.75) is 45.2 Å². The molecule has 0 spiro atoms. The van der Waals surface area contributed by atoms with Crippen molar-refractivity contribution in [3.8, 4) is 11.6 Å². The molecular weight excluding hydrogens is 489 g/mol. The van der Waals surface area contributed by atoms with Crippen LogP contribution < -0.4 is 19.7 Å². The van der Waals surface area contributed by atoms with Crippen molar-refractivity contribution in [1.82, 2.24) is 10.3 Å². The molecule has 38 heavy (non-hydrogen) atoms. The van der Waals surface area contributed by atoms with Crippen LogP contribution in [0.3, 0.4) is 0 Å². The Labute approximate surface area is 224 Å². The van der Waals surface area contributed by atoms with Crippen LogP contribution in [0.25, 0.3) is 0 Å². The van der Waals surface area contributed by atoms with Crippen LogP contribution in [0.1, 0.15) is 55.2 Å². The third-order valence-corrected chi connectivity index (χ3v) is 7.46. The molecule has 2 aromatic rings. The zero-order chi connectivity index (χ0) is 27.1. The average Bonchev–Trinajstić information content (AvgIpc) is 3.66. The van der Waals surface area contributed by atoms with Crippen LogP contribution in [0.2, 0.25) is 0 Å². The molecule has 1 unspecified atom stereocenters. The molecule has 0 bridgehead atoms. The standard InChI is InChI=1S/C29H40FN3O5/c1-19(2)25(16-34)31-28(35)24-8-9-27(33-12-10-26(33)20-6-4-7-23(15-20)36-3)29(32-24)38-18-22-14-21(22)17-37-13-5-11-30/h4,6-9,15,19,21-22,25-26,34H,5,10-14,16-18H2,1-3H3,(H,31,35)/t21-,22+,25-,26?/m1/s1. The number of carbonyl (C=O) groups is 1. The Morgan fingerprint density at radius 3 is 2.74 bits per heavy atom. The summed E-state index contributed by atoms with van der Waals surface area (Å²) >= 11 is 0. The Balaban J connectivity index is 1.49. The third kappa shape index (κ3) is 6.94. The van der Waals surface area contributed by atoms with Gasteiger partial charge in [-0.15, -0.1) is 0 Å². The van der Waals surface area contributed by atoms with Crippen LogP contribution in [-0.2, 0) is 4.74 Å². The van der Waals surface area contributed by atoms with Crippen molar-refractivity contribution in [2.24, 2.45) is 17.8 Å². The monoisotopic (exact) mass is 529 g/mol. The number of aromatic nitrogens is 1. The fraction of sp³-hybridized carbons (Fsp3) is 0.586. The Morgan fingerprint density at radius 2 is 2.05 bits per heavy atom. The van der Waals surface area contributed by atoms with Gasteiger partial charge in [0.2, 0.25) is 5.88 Å². The van der Waals surface area contributed by atoms with Crippen LogP contribution in [0, 0.1) is 17.8 Å². The van der Waals surface area contributed by atoms with Gasteiger partial charge in [-0.1, -0.05) is 26.0 Å². The minimum absolute atomic E-state index is 0.0857. The summed E-state index contributed by atoms with van der Waals surface area (Å²) in [6.45, 7) is 5.76. The zero-order valence-corrected chi connectivity index (χ0v) is 22.6. The molecule has 1 aromatic heterocycles. The minimum atomic E-state index is -0.362. The number of ether oxygens (including phenoxy) is 3. The lowest BCUT2D eigenvalue weighted by molar-refractivity contribution is 0.0890. The number of benzene rings is 1. The number of nitrogens with zero attached hydrogens (tertiary/aromatic N) is 2. The number of aliphatic hydroxyl groups excluding tert-OH is 1. The molecule has 208 valence electrons. The summed E-state index contributed by atoms with van der Waals surface area (Å²) < 4.78 is 29.5. The molecule has 2 N–H and O–H groups in total. The van der Waals surface area contributed by atoms with Crippen molar-refractivity contribution >= 4 is 11.6 Å². The van der Waals surface area contributed by atoms with Crippen molar-refractivity contribution in [3.63, 3.8) is 0 Å². The fourth-order valence-electron chi connectivity index (χ4n) is 4.72. The van der Waals surface area contributed by atoms with Crippen LogP contribution in [-0.4, -0.2) is 68.8 Å². The summed E-state index contributed by atoms with van der Waals surface area (Å²) in [5.74, 6) is 1.73. The number of rotatable bonds is 15. The lowest BCUT2D eigenvalue weighted by atomic mass is 9.94. The quantitative estimate of drug-likeness (QED) is 0.335. The number of alkyl halides is 1. The molecule has 1 saturated heterocycles. The first-order valence-electron chi connectivity index (χ1n) is 13.5. The number of anilines is 1. The second kappa shape index (κ2) is 13.2. The van der Waals surface area contributed by atoms with Gasteiger partial charge in [-0.05, 0) is 66.8 Å². The van der Waals surface area contributed by atoms with Gasteiger partial charge in [-0.25, -0.2) is 4.98 Å². The van der Waals surface area contributed by atoms with Gasteiger partial charge in [0, 0.05) is 19.8 Å². The first-order chi connectivity index (χ1) is 18.4. The van der Waals surface area contributed by atoms with E-state index in [1.165, 1.54) is 0 Å². The highest BCUT2D eigenvalue weighted by atomic mass is 19.1. The van der Waals surface area contributed by atoms with E-state index in [2.05, 4.69) is 21.3 Å². The third-order valence-electron chi connectivity index (χ3n) is 7.46. The van der Waals surface area contributed by atoms with E-state index in [-0.39, 0.29) is 42.9 Å². The molecule has 2 aliphatic rings. The molecule has 2 heterocycles. The second-order valence-corrected chi connectivity index (χ2v) is 10.5. The van der Waals surface area contributed by atoms with E-state index in [0.29, 0.717) is 44.0 Å².